The lowest BCUT2D eigenvalue weighted by Crippen LogP contribution is -2.46. The maximum Gasteiger partial charge on any atom is 0.407 e. The van der Waals surface area contributed by atoms with Gasteiger partial charge in [-0.3, -0.25) is 0 Å². The first-order chi connectivity index (χ1) is 10.7. The fourth-order valence-electron chi connectivity index (χ4n) is 3.29. The summed E-state index contributed by atoms with van der Waals surface area (Å²) >= 11 is 0. The molecular formula is C19H30N2O2. The fourth-order valence-corrected chi connectivity index (χ4v) is 3.29. The summed E-state index contributed by atoms with van der Waals surface area (Å²) in [5.74, 6) is 0. The van der Waals surface area contributed by atoms with Crippen LogP contribution in [0.25, 0.3) is 0 Å². The summed E-state index contributed by atoms with van der Waals surface area (Å²) in [6.45, 7) is 8.33. The number of benzene rings is 1. The monoisotopic (exact) mass is 318 g/mol. The number of carbonyl (C=O) groups is 1. The first kappa shape index (κ1) is 17.8. The summed E-state index contributed by atoms with van der Waals surface area (Å²) in [7, 11) is 0. The predicted octanol–water partition coefficient (Wildman–Crippen LogP) is 3.66. The first-order valence-corrected chi connectivity index (χ1v) is 8.50. The minimum absolute atomic E-state index is 0.0429. The molecule has 0 atom stereocenters. The molecule has 4 nitrogen and oxygen atoms in total. The smallest absolute Gasteiger partial charge is 0.407 e. The zero-order chi connectivity index (χ0) is 17.1. The topological polar surface area (TPSA) is 64.3 Å². The number of amides is 1. The number of nitrogens with one attached hydrogen (secondary N) is 1. The van der Waals surface area contributed by atoms with Gasteiger partial charge in [-0.1, -0.05) is 29.8 Å². The van der Waals surface area contributed by atoms with Gasteiger partial charge in [0, 0.05) is 18.0 Å². The number of hydrogen-bond acceptors (Lipinski definition) is 3. The Bertz CT molecular complexity index is 541. The summed E-state index contributed by atoms with van der Waals surface area (Å²) in [6.07, 6.45) is 3.62. The van der Waals surface area contributed by atoms with Gasteiger partial charge in [-0.05, 0) is 58.9 Å². The lowest BCUT2D eigenvalue weighted by molar-refractivity contribution is 0.0507. The Kier molecular flexibility index (Phi) is 5.35. The van der Waals surface area contributed by atoms with E-state index in [-0.39, 0.29) is 17.6 Å². The van der Waals surface area contributed by atoms with Crippen molar-refractivity contribution < 1.29 is 9.53 Å². The van der Waals surface area contributed by atoms with Crippen LogP contribution in [0.2, 0.25) is 0 Å². The van der Waals surface area contributed by atoms with E-state index in [0.717, 1.165) is 25.7 Å². The molecule has 0 spiro atoms. The van der Waals surface area contributed by atoms with Gasteiger partial charge in [-0.15, -0.1) is 0 Å². The van der Waals surface area contributed by atoms with E-state index in [4.69, 9.17) is 10.5 Å². The molecule has 0 bridgehead atoms. The molecule has 1 aliphatic carbocycles. The normalized spacial score (nSPS) is 25.0. The molecular weight excluding hydrogens is 288 g/mol. The molecule has 1 aromatic carbocycles. The van der Waals surface area contributed by atoms with Gasteiger partial charge in [0.25, 0.3) is 0 Å². The molecule has 128 valence electrons. The first-order valence-electron chi connectivity index (χ1n) is 8.50. The van der Waals surface area contributed by atoms with Crippen LogP contribution in [0.5, 0.6) is 0 Å². The van der Waals surface area contributed by atoms with E-state index in [1.807, 2.05) is 20.8 Å². The van der Waals surface area contributed by atoms with E-state index < -0.39 is 5.60 Å². The molecule has 0 radical (unpaired) electrons. The Balaban J connectivity index is 2.14. The molecule has 3 N–H and O–H groups in total. The van der Waals surface area contributed by atoms with Crippen LogP contribution in [-0.2, 0) is 10.2 Å². The van der Waals surface area contributed by atoms with Gasteiger partial charge in [0.2, 0.25) is 0 Å². The maximum absolute atomic E-state index is 12.0. The lowest BCUT2D eigenvalue weighted by Gasteiger charge is -2.40. The fraction of sp³-hybridized carbons (Fsp3) is 0.632. The number of nitrogens with two attached hydrogens (primary N) is 1. The second-order valence-corrected chi connectivity index (χ2v) is 7.84. The van der Waals surface area contributed by atoms with Gasteiger partial charge in [0.15, 0.2) is 0 Å². The van der Waals surface area contributed by atoms with Gasteiger partial charge in [-0.25, -0.2) is 4.79 Å². The number of hydrogen-bond donors (Lipinski definition) is 2. The van der Waals surface area contributed by atoms with Crippen molar-refractivity contribution in [3.63, 3.8) is 0 Å². The largest absolute Gasteiger partial charge is 0.444 e. The minimum atomic E-state index is -0.477. The van der Waals surface area contributed by atoms with Gasteiger partial charge in [0.05, 0.1) is 0 Å². The molecule has 0 saturated heterocycles. The van der Waals surface area contributed by atoms with E-state index in [1.54, 1.807) is 0 Å². The SMILES string of the molecule is Cc1cccc(C2(CNC(=O)OC(C)(C)C)CCC(N)CC2)c1. The van der Waals surface area contributed by atoms with E-state index in [9.17, 15) is 4.79 Å². The highest BCUT2D eigenvalue weighted by molar-refractivity contribution is 5.67. The van der Waals surface area contributed by atoms with Crippen LogP contribution in [0.15, 0.2) is 24.3 Å². The van der Waals surface area contributed by atoms with Crippen molar-refractivity contribution in [1.82, 2.24) is 5.32 Å². The summed E-state index contributed by atoms with van der Waals surface area (Å²) in [4.78, 5) is 12.0. The molecule has 0 heterocycles. The molecule has 23 heavy (non-hydrogen) atoms. The van der Waals surface area contributed by atoms with Gasteiger partial charge in [0.1, 0.15) is 5.60 Å². The van der Waals surface area contributed by atoms with Gasteiger partial charge >= 0.3 is 6.09 Å². The Morgan fingerprint density at radius 1 is 1.35 bits per heavy atom. The summed E-state index contributed by atoms with van der Waals surface area (Å²) < 4.78 is 5.38. The Morgan fingerprint density at radius 3 is 2.57 bits per heavy atom. The van der Waals surface area contributed by atoms with Crippen LogP contribution in [-0.4, -0.2) is 24.3 Å². The Labute approximate surface area is 139 Å². The Hall–Kier alpha value is -1.55. The van der Waals surface area contributed by atoms with Crippen LogP contribution in [0.4, 0.5) is 4.79 Å². The average molecular weight is 318 g/mol. The van der Waals surface area contributed by atoms with Crippen molar-refractivity contribution in [3.05, 3.63) is 35.4 Å². The second kappa shape index (κ2) is 6.91. The Morgan fingerprint density at radius 2 is 2.00 bits per heavy atom. The third-order valence-corrected chi connectivity index (χ3v) is 4.59. The number of rotatable bonds is 3. The van der Waals surface area contributed by atoms with Crippen molar-refractivity contribution in [2.24, 2.45) is 5.73 Å². The van der Waals surface area contributed by atoms with Crippen molar-refractivity contribution in [3.8, 4) is 0 Å². The molecule has 1 fully saturated rings. The standard InChI is InChI=1S/C19H30N2O2/c1-14-6-5-7-15(12-14)19(10-8-16(20)9-11-19)13-21-17(22)23-18(2,3)4/h5-7,12,16H,8-11,13,20H2,1-4H3,(H,21,22). The maximum atomic E-state index is 12.0. The van der Waals surface area contributed by atoms with Crippen molar-refractivity contribution in [1.29, 1.82) is 0 Å². The molecule has 0 aromatic heterocycles. The van der Waals surface area contributed by atoms with Crippen LogP contribution >= 0.6 is 0 Å². The van der Waals surface area contributed by atoms with Crippen molar-refractivity contribution >= 4 is 6.09 Å². The minimum Gasteiger partial charge on any atom is -0.444 e. The average Bonchev–Trinajstić information content (AvgIpc) is 2.45. The predicted molar refractivity (Wildman–Crippen MR) is 93.5 cm³/mol. The number of carbonyl (C=O) groups excluding carboxylic acids is 1. The number of alkyl carbamates (subject to hydrolysis) is 1. The zero-order valence-electron chi connectivity index (χ0n) is 14.8. The van der Waals surface area contributed by atoms with Crippen LogP contribution in [0, 0.1) is 6.92 Å². The zero-order valence-corrected chi connectivity index (χ0v) is 14.8. The van der Waals surface area contributed by atoms with Gasteiger partial charge in [-0.2, -0.15) is 0 Å². The van der Waals surface area contributed by atoms with E-state index in [1.165, 1.54) is 11.1 Å². The summed E-state index contributed by atoms with van der Waals surface area (Å²) in [5, 5.41) is 2.98. The highest BCUT2D eigenvalue weighted by Gasteiger charge is 2.36. The molecule has 4 heteroatoms. The molecule has 0 unspecified atom stereocenters. The molecule has 1 aliphatic rings. The molecule has 0 aliphatic heterocycles. The molecule has 1 aromatic rings. The van der Waals surface area contributed by atoms with Crippen LogP contribution in [0.1, 0.15) is 57.6 Å². The highest BCUT2D eigenvalue weighted by Crippen LogP contribution is 2.39. The molecule has 1 saturated carbocycles. The molecule has 2 rings (SSSR count). The van der Waals surface area contributed by atoms with Crippen molar-refractivity contribution in [2.45, 2.75) is 70.4 Å². The summed E-state index contributed by atoms with van der Waals surface area (Å²) in [6, 6.07) is 8.87. The lowest BCUT2D eigenvalue weighted by atomic mass is 9.68. The van der Waals surface area contributed by atoms with E-state index in [2.05, 4.69) is 36.5 Å². The molecule has 1 amide bonds. The van der Waals surface area contributed by atoms with Crippen LogP contribution in [0.3, 0.4) is 0 Å². The van der Waals surface area contributed by atoms with Gasteiger partial charge < -0.3 is 15.8 Å². The van der Waals surface area contributed by atoms with Crippen LogP contribution < -0.4 is 11.1 Å². The second-order valence-electron chi connectivity index (χ2n) is 7.84. The quantitative estimate of drug-likeness (QED) is 0.894. The highest BCUT2D eigenvalue weighted by atomic mass is 16.6. The number of aryl methyl sites for hydroxylation is 1. The summed E-state index contributed by atoms with van der Waals surface area (Å²) in [5.41, 5.74) is 8.11. The number of ether oxygens (including phenoxy) is 1. The van der Waals surface area contributed by atoms with Crippen molar-refractivity contribution in [2.75, 3.05) is 6.54 Å². The van der Waals surface area contributed by atoms with E-state index in [0.29, 0.717) is 6.54 Å². The third-order valence-electron chi connectivity index (χ3n) is 4.59. The third kappa shape index (κ3) is 4.96. The van der Waals surface area contributed by atoms with E-state index >= 15 is 0 Å².